The van der Waals surface area contributed by atoms with E-state index in [0.29, 0.717) is 12.8 Å². The summed E-state index contributed by atoms with van der Waals surface area (Å²) in [5.41, 5.74) is 0. The van der Waals surface area contributed by atoms with Gasteiger partial charge in [0.1, 0.15) is 24.4 Å². The van der Waals surface area contributed by atoms with Crippen molar-refractivity contribution in [1.82, 2.24) is 5.32 Å². The van der Waals surface area contributed by atoms with E-state index in [-0.39, 0.29) is 19.4 Å². The van der Waals surface area contributed by atoms with E-state index in [1.165, 1.54) is 186 Å². The summed E-state index contributed by atoms with van der Waals surface area (Å²) >= 11 is 0. The topological polar surface area (TPSA) is 175 Å². The Morgan fingerprint density at radius 2 is 0.885 bits per heavy atom. The molecule has 1 aliphatic heterocycles. The highest BCUT2D eigenvalue weighted by Gasteiger charge is 2.47. The molecule has 1 amide bonds. The average molecular weight is 1100 g/mol. The molecular weight excluding hydrogens is 979 g/mol. The molecule has 1 heterocycles. The van der Waals surface area contributed by atoms with Crippen LogP contribution in [0, 0.1) is 0 Å². The minimum absolute atomic E-state index is 0.128. The van der Waals surface area contributed by atoms with Gasteiger partial charge in [-0.05, 0) is 57.8 Å². The number of amides is 1. The molecule has 1 saturated heterocycles. The van der Waals surface area contributed by atoms with E-state index in [1.807, 2.05) is 6.08 Å². The van der Waals surface area contributed by atoms with Crippen molar-refractivity contribution in [2.75, 3.05) is 13.2 Å². The molecule has 78 heavy (non-hydrogen) atoms. The number of hydrogen-bond acceptors (Lipinski definition) is 10. The molecule has 6 N–H and O–H groups in total. The molecule has 1 aliphatic rings. The van der Waals surface area contributed by atoms with Crippen LogP contribution in [0.15, 0.2) is 36.5 Å². The van der Waals surface area contributed by atoms with Gasteiger partial charge in [0.15, 0.2) is 12.4 Å². The maximum absolute atomic E-state index is 13.4. The summed E-state index contributed by atoms with van der Waals surface area (Å²) in [5, 5.41) is 57.1. The lowest BCUT2D eigenvalue weighted by atomic mass is 9.99. The normalized spacial score (nSPS) is 19.1. The number of nitrogens with one attached hydrogen (secondary N) is 1. The van der Waals surface area contributed by atoms with Crippen LogP contribution in [0.25, 0.3) is 0 Å². The largest absolute Gasteiger partial charge is 0.454 e. The number of allylic oxidation sites excluding steroid dienone is 5. The van der Waals surface area contributed by atoms with E-state index in [9.17, 15) is 35.1 Å². The second kappa shape index (κ2) is 55.4. The van der Waals surface area contributed by atoms with Crippen LogP contribution in [0.3, 0.4) is 0 Å². The Kier molecular flexibility index (Phi) is 52.5. The Hall–Kier alpha value is -2.12. The summed E-state index contributed by atoms with van der Waals surface area (Å²) in [4.78, 5) is 26.6. The van der Waals surface area contributed by atoms with E-state index in [0.717, 1.165) is 83.5 Å². The van der Waals surface area contributed by atoms with E-state index < -0.39 is 67.4 Å². The van der Waals surface area contributed by atoms with Crippen molar-refractivity contribution in [3.8, 4) is 0 Å². The fraction of sp³-hybridized carbons (Fsp3) is 0.881. The lowest BCUT2D eigenvalue weighted by Crippen LogP contribution is -2.61. The molecule has 1 rings (SSSR count). The van der Waals surface area contributed by atoms with Gasteiger partial charge in [0.05, 0.1) is 25.4 Å². The molecule has 11 heteroatoms. The van der Waals surface area contributed by atoms with Crippen LogP contribution in [-0.2, 0) is 23.8 Å². The molecule has 0 bridgehead atoms. The highest BCUT2D eigenvalue weighted by molar-refractivity contribution is 5.80. The number of hydrogen-bond donors (Lipinski definition) is 6. The van der Waals surface area contributed by atoms with Gasteiger partial charge in [0.2, 0.25) is 5.91 Å². The monoisotopic (exact) mass is 1100 g/mol. The Morgan fingerprint density at radius 1 is 0.500 bits per heavy atom. The fourth-order valence-electron chi connectivity index (χ4n) is 10.5. The minimum atomic E-state index is -1.61. The molecule has 0 aromatic rings. The molecule has 0 radical (unpaired) electrons. The zero-order valence-corrected chi connectivity index (χ0v) is 50.8. The summed E-state index contributed by atoms with van der Waals surface area (Å²) in [6.07, 6.45) is 56.1. The minimum Gasteiger partial charge on any atom is -0.454 e. The van der Waals surface area contributed by atoms with Crippen LogP contribution in [0.4, 0.5) is 0 Å². The first kappa shape index (κ1) is 73.9. The van der Waals surface area contributed by atoms with E-state index in [2.05, 4.69) is 50.4 Å². The molecule has 0 aromatic carbocycles. The first-order valence-electron chi connectivity index (χ1n) is 33.3. The summed E-state index contributed by atoms with van der Waals surface area (Å²) in [7, 11) is 0. The number of rotatable bonds is 57. The van der Waals surface area contributed by atoms with Gasteiger partial charge in [0.25, 0.3) is 0 Å². The highest BCUT2D eigenvalue weighted by atomic mass is 16.7. The predicted molar refractivity (Wildman–Crippen MR) is 324 cm³/mol. The van der Waals surface area contributed by atoms with Gasteiger partial charge in [-0.1, -0.05) is 288 Å². The van der Waals surface area contributed by atoms with Gasteiger partial charge >= 0.3 is 5.97 Å². The molecule has 8 unspecified atom stereocenters. The van der Waals surface area contributed by atoms with Crippen LogP contribution in [0.2, 0.25) is 0 Å². The number of carbonyl (C=O) groups excluding carboxylic acids is 2. The molecular formula is C67H125NO10. The molecule has 458 valence electrons. The van der Waals surface area contributed by atoms with Gasteiger partial charge in [-0.3, -0.25) is 9.59 Å². The van der Waals surface area contributed by atoms with Crippen molar-refractivity contribution in [2.24, 2.45) is 0 Å². The molecule has 11 nitrogen and oxygen atoms in total. The third-order valence-corrected chi connectivity index (χ3v) is 15.8. The summed E-state index contributed by atoms with van der Waals surface area (Å²) in [6, 6.07) is -1.03. The SMILES string of the molecule is CCCCC/C=C\C/C=C\CCCCCCCCC(O)C(=O)NC(COC1OC(CO)C(O)C(O)C1OC(=O)CCCCCCCCCCCCCCCCCCCCCCC)C(O)/C=C/CCCCCCCCCCCC. The van der Waals surface area contributed by atoms with Crippen LogP contribution in [0.5, 0.6) is 0 Å². The maximum atomic E-state index is 13.4. The Bertz CT molecular complexity index is 1410. The molecule has 0 spiro atoms. The third-order valence-electron chi connectivity index (χ3n) is 15.8. The van der Waals surface area contributed by atoms with E-state index in [4.69, 9.17) is 14.2 Å². The van der Waals surface area contributed by atoms with Crippen molar-refractivity contribution in [3.05, 3.63) is 36.5 Å². The predicted octanol–water partition coefficient (Wildman–Crippen LogP) is 16.2. The van der Waals surface area contributed by atoms with Crippen LogP contribution in [0.1, 0.15) is 316 Å². The number of aliphatic hydroxyl groups excluding tert-OH is 5. The van der Waals surface area contributed by atoms with Crippen molar-refractivity contribution < 1.29 is 49.3 Å². The van der Waals surface area contributed by atoms with Crippen LogP contribution < -0.4 is 5.32 Å². The molecule has 1 fully saturated rings. The van der Waals surface area contributed by atoms with Gasteiger partial charge in [-0.25, -0.2) is 0 Å². The smallest absolute Gasteiger partial charge is 0.306 e. The van der Waals surface area contributed by atoms with Gasteiger partial charge in [-0.15, -0.1) is 0 Å². The number of esters is 1. The van der Waals surface area contributed by atoms with E-state index >= 15 is 0 Å². The fourth-order valence-corrected chi connectivity index (χ4v) is 10.5. The summed E-state index contributed by atoms with van der Waals surface area (Å²) in [6.45, 7) is 5.79. The van der Waals surface area contributed by atoms with E-state index in [1.54, 1.807) is 6.08 Å². The number of carbonyl (C=O) groups is 2. The van der Waals surface area contributed by atoms with Crippen molar-refractivity contribution in [3.63, 3.8) is 0 Å². The number of ether oxygens (including phenoxy) is 3. The van der Waals surface area contributed by atoms with Gasteiger partial charge < -0.3 is 45.1 Å². The zero-order chi connectivity index (χ0) is 56.8. The average Bonchev–Trinajstić information content (AvgIpc) is 3.44. The first-order valence-corrected chi connectivity index (χ1v) is 33.3. The van der Waals surface area contributed by atoms with Crippen molar-refractivity contribution in [1.29, 1.82) is 0 Å². The zero-order valence-electron chi connectivity index (χ0n) is 50.8. The second-order valence-electron chi connectivity index (χ2n) is 23.2. The third kappa shape index (κ3) is 42.7. The Balaban J connectivity index is 2.62. The quantitative estimate of drug-likeness (QED) is 0.0195. The lowest BCUT2D eigenvalue weighted by molar-refractivity contribution is -0.305. The Morgan fingerprint density at radius 3 is 1.33 bits per heavy atom. The van der Waals surface area contributed by atoms with Crippen molar-refractivity contribution >= 4 is 11.9 Å². The standard InChI is InChI=1S/C67H125NO10/c1-4-7-10-13-16-19-22-25-27-29-30-31-32-33-35-37-40-43-46-49-52-55-62(72)78-65-64(74)63(73)61(56-69)77-67(65)76-57-58(59(70)53-50-47-44-41-38-24-21-18-15-12-9-6-3)68-66(75)60(71)54-51-48-45-42-39-36-34-28-26-23-20-17-14-11-8-5-2/h17,20,26,28,50,53,58-61,63-65,67,69-71,73-74H,4-16,18-19,21-25,27,29-49,51-52,54-57H2,1-3H3,(H,68,75)/b20-17-,28-26-,53-50+. The molecule has 0 saturated carbocycles. The highest BCUT2D eigenvalue weighted by Crippen LogP contribution is 2.26. The maximum Gasteiger partial charge on any atom is 0.306 e. The van der Waals surface area contributed by atoms with Crippen molar-refractivity contribution in [2.45, 2.75) is 365 Å². The molecule has 0 aromatic heterocycles. The van der Waals surface area contributed by atoms with Crippen LogP contribution in [-0.4, -0.2) is 99.6 Å². The second-order valence-corrected chi connectivity index (χ2v) is 23.2. The number of unbranched alkanes of at least 4 members (excludes halogenated alkanes) is 39. The summed E-state index contributed by atoms with van der Waals surface area (Å²) < 4.78 is 17.7. The lowest BCUT2D eigenvalue weighted by Gasteiger charge is -2.41. The Labute approximate surface area is 479 Å². The van der Waals surface area contributed by atoms with Crippen LogP contribution >= 0.6 is 0 Å². The van der Waals surface area contributed by atoms with Gasteiger partial charge in [-0.2, -0.15) is 0 Å². The molecule has 8 atom stereocenters. The van der Waals surface area contributed by atoms with Gasteiger partial charge in [0, 0.05) is 6.42 Å². The number of aliphatic hydroxyl groups is 5. The first-order chi connectivity index (χ1) is 38.2. The molecule has 0 aliphatic carbocycles. The summed E-state index contributed by atoms with van der Waals surface area (Å²) in [5.74, 6) is -1.19.